The maximum Gasteiger partial charge on any atom is 0.191 e. The van der Waals surface area contributed by atoms with Gasteiger partial charge in [0.15, 0.2) is 5.96 Å². The van der Waals surface area contributed by atoms with E-state index < -0.39 is 0 Å². The summed E-state index contributed by atoms with van der Waals surface area (Å²) < 4.78 is 0. The van der Waals surface area contributed by atoms with Gasteiger partial charge in [-0.15, -0.1) is 24.0 Å². The average Bonchev–Trinajstić information content (AvgIpc) is 3.01. The first-order valence-electron chi connectivity index (χ1n) is 7.36. The van der Waals surface area contributed by atoms with Crippen LogP contribution in [0.1, 0.15) is 16.7 Å². The smallest absolute Gasteiger partial charge is 0.191 e. The zero-order valence-corrected chi connectivity index (χ0v) is 17.0. The van der Waals surface area contributed by atoms with E-state index in [1.54, 1.807) is 18.4 Å². The van der Waals surface area contributed by atoms with Crippen LogP contribution in [0, 0.1) is 0 Å². The van der Waals surface area contributed by atoms with Crippen LogP contribution < -0.4 is 10.6 Å². The molecule has 23 heavy (non-hydrogen) atoms. The summed E-state index contributed by atoms with van der Waals surface area (Å²) in [7, 11) is 5.98. The molecule has 2 N–H and O–H groups in total. The minimum Gasteiger partial charge on any atom is -0.352 e. The van der Waals surface area contributed by atoms with Gasteiger partial charge in [-0.2, -0.15) is 11.3 Å². The molecule has 2 aromatic rings. The quantitative estimate of drug-likeness (QED) is 0.408. The van der Waals surface area contributed by atoms with Gasteiger partial charge in [-0.05, 0) is 47.6 Å². The number of nitrogens with zero attached hydrogens (tertiary/aromatic N) is 2. The molecule has 0 atom stereocenters. The van der Waals surface area contributed by atoms with Crippen LogP contribution in [0.25, 0.3) is 0 Å². The second-order valence-electron chi connectivity index (χ2n) is 5.42. The largest absolute Gasteiger partial charge is 0.352 e. The number of aliphatic imine (C=N–C) groups is 1. The summed E-state index contributed by atoms with van der Waals surface area (Å²) in [4.78, 5) is 6.46. The molecule has 1 aromatic carbocycles. The Balaban J connectivity index is 0.00000264. The topological polar surface area (TPSA) is 39.7 Å². The standard InChI is InChI=1S/C17H24N4S.HI/c1-18-17(19-10-14-8-9-22-13-14)20-11-15-6-4-5-7-16(15)12-21(2)3;/h4-9,13H,10-12H2,1-3H3,(H2,18,19,20);1H. The molecule has 126 valence electrons. The lowest BCUT2D eigenvalue weighted by Crippen LogP contribution is -2.36. The molecule has 1 aromatic heterocycles. The number of guanidine groups is 1. The molecule has 0 fully saturated rings. The van der Waals surface area contributed by atoms with Crippen molar-refractivity contribution in [1.82, 2.24) is 15.5 Å². The fourth-order valence-electron chi connectivity index (χ4n) is 2.20. The molecular weight excluding hydrogens is 419 g/mol. The Hall–Kier alpha value is -1.12. The third-order valence-electron chi connectivity index (χ3n) is 3.31. The second kappa shape index (κ2) is 10.6. The summed E-state index contributed by atoms with van der Waals surface area (Å²) in [5.74, 6) is 0.825. The monoisotopic (exact) mass is 444 g/mol. The van der Waals surface area contributed by atoms with Crippen molar-refractivity contribution in [2.75, 3.05) is 21.1 Å². The van der Waals surface area contributed by atoms with E-state index >= 15 is 0 Å². The number of thiophene rings is 1. The molecule has 1 heterocycles. The van der Waals surface area contributed by atoms with Crippen LogP contribution in [0.15, 0.2) is 46.1 Å². The summed E-state index contributed by atoms with van der Waals surface area (Å²) in [6, 6.07) is 10.6. The maximum absolute atomic E-state index is 4.28. The molecule has 0 unspecified atom stereocenters. The number of benzene rings is 1. The van der Waals surface area contributed by atoms with Crippen LogP contribution >= 0.6 is 35.3 Å². The Bertz CT molecular complexity index is 596. The Labute approximate surface area is 160 Å². The van der Waals surface area contributed by atoms with Crippen molar-refractivity contribution in [3.63, 3.8) is 0 Å². The predicted octanol–water partition coefficient (Wildman–Crippen LogP) is 3.29. The zero-order chi connectivity index (χ0) is 15.8. The van der Waals surface area contributed by atoms with E-state index in [1.807, 2.05) is 0 Å². The molecule has 0 saturated carbocycles. The van der Waals surface area contributed by atoms with E-state index in [4.69, 9.17) is 0 Å². The van der Waals surface area contributed by atoms with Crippen molar-refractivity contribution in [3.05, 3.63) is 57.8 Å². The van der Waals surface area contributed by atoms with E-state index in [-0.39, 0.29) is 24.0 Å². The third kappa shape index (κ3) is 6.88. The highest BCUT2D eigenvalue weighted by molar-refractivity contribution is 14.0. The highest BCUT2D eigenvalue weighted by Crippen LogP contribution is 2.10. The zero-order valence-electron chi connectivity index (χ0n) is 13.9. The van der Waals surface area contributed by atoms with Gasteiger partial charge in [0.25, 0.3) is 0 Å². The minimum atomic E-state index is 0. The molecule has 0 aliphatic carbocycles. The van der Waals surface area contributed by atoms with Crippen LogP contribution in [0.3, 0.4) is 0 Å². The van der Waals surface area contributed by atoms with E-state index in [0.717, 1.165) is 25.6 Å². The first kappa shape index (κ1) is 19.9. The van der Waals surface area contributed by atoms with Crippen LogP contribution in [-0.4, -0.2) is 32.0 Å². The molecule has 0 amide bonds. The molecule has 0 aliphatic heterocycles. The SMILES string of the molecule is CN=C(NCc1ccsc1)NCc1ccccc1CN(C)C.I. The fourth-order valence-corrected chi connectivity index (χ4v) is 2.87. The van der Waals surface area contributed by atoms with E-state index in [9.17, 15) is 0 Å². The van der Waals surface area contributed by atoms with Crippen LogP contribution in [0.2, 0.25) is 0 Å². The summed E-state index contributed by atoms with van der Waals surface area (Å²) in [6.07, 6.45) is 0. The third-order valence-corrected chi connectivity index (χ3v) is 4.05. The number of halogens is 1. The second-order valence-corrected chi connectivity index (χ2v) is 6.20. The molecule has 4 nitrogen and oxygen atoms in total. The predicted molar refractivity (Wildman–Crippen MR) is 111 cm³/mol. The Kier molecular flexibility index (Phi) is 9.20. The highest BCUT2D eigenvalue weighted by atomic mass is 127. The summed E-state index contributed by atoms with van der Waals surface area (Å²) in [6.45, 7) is 2.51. The van der Waals surface area contributed by atoms with Gasteiger partial charge in [-0.1, -0.05) is 24.3 Å². The maximum atomic E-state index is 4.28. The van der Waals surface area contributed by atoms with Gasteiger partial charge in [0, 0.05) is 26.7 Å². The van der Waals surface area contributed by atoms with Gasteiger partial charge in [-0.3, -0.25) is 4.99 Å². The average molecular weight is 444 g/mol. The van der Waals surface area contributed by atoms with Gasteiger partial charge < -0.3 is 15.5 Å². The number of nitrogens with one attached hydrogen (secondary N) is 2. The molecule has 0 radical (unpaired) electrons. The van der Waals surface area contributed by atoms with Crippen molar-refractivity contribution >= 4 is 41.3 Å². The van der Waals surface area contributed by atoms with Gasteiger partial charge in [0.2, 0.25) is 0 Å². The fraction of sp³-hybridized carbons (Fsp3) is 0.353. The van der Waals surface area contributed by atoms with Gasteiger partial charge in [0.1, 0.15) is 0 Å². The molecule has 6 heteroatoms. The summed E-state index contributed by atoms with van der Waals surface area (Å²) >= 11 is 1.71. The molecule has 0 saturated heterocycles. The molecular formula is C17H25IN4S. The molecule has 2 rings (SSSR count). The van der Waals surface area contributed by atoms with E-state index in [2.05, 4.69) is 75.7 Å². The summed E-state index contributed by atoms with van der Waals surface area (Å²) in [5, 5.41) is 11.0. The Morgan fingerprint density at radius 1 is 1.09 bits per heavy atom. The number of hydrogen-bond donors (Lipinski definition) is 2. The molecule has 0 bridgehead atoms. The highest BCUT2D eigenvalue weighted by Gasteiger charge is 2.04. The lowest BCUT2D eigenvalue weighted by molar-refractivity contribution is 0.400. The number of hydrogen-bond acceptors (Lipinski definition) is 3. The van der Waals surface area contributed by atoms with Crippen molar-refractivity contribution < 1.29 is 0 Å². The van der Waals surface area contributed by atoms with E-state index in [1.165, 1.54) is 16.7 Å². The Morgan fingerprint density at radius 2 is 1.78 bits per heavy atom. The first-order chi connectivity index (χ1) is 10.7. The van der Waals surface area contributed by atoms with Crippen LogP contribution in [0.5, 0.6) is 0 Å². The molecule has 0 aliphatic rings. The lowest BCUT2D eigenvalue weighted by atomic mass is 10.1. The molecule has 0 spiro atoms. The van der Waals surface area contributed by atoms with Crippen LogP contribution in [0.4, 0.5) is 0 Å². The van der Waals surface area contributed by atoms with Crippen molar-refractivity contribution in [3.8, 4) is 0 Å². The van der Waals surface area contributed by atoms with Crippen molar-refractivity contribution in [1.29, 1.82) is 0 Å². The van der Waals surface area contributed by atoms with E-state index in [0.29, 0.717) is 0 Å². The normalized spacial score (nSPS) is 11.2. The van der Waals surface area contributed by atoms with Gasteiger partial charge in [-0.25, -0.2) is 0 Å². The van der Waals surface area contributed by atoms with Crippen molar-refractivity contribution in [2.24, 2.45) is 4.99 Å². The van der Waals surface area contributed by atoms with Gasteiger partial charge >= 0.3 is 0 Å². The minimum absolute atomic E-state index is 0. The van der Waals surface area contributed by atoms with Crippen molar-refractivity contribution in [2.45, 2.75) is 19.6 Å². The lowest BCUT2D eigenvalue weighted by Gasteiger charge is -2.16. The van der Waals surface area contributed by atoms with Crippen LogP contribution in [-0.2, 0) is 19.6 Å². The first-order valence-corrected chi connectivity index (χ1v) is 8.30. The Morgan fingerprint density at radius 3 is 2.39 bits per heavy atom. The summed E-state index contributed by atoms with van der Waals surface area (Å²) in [5.41, 5.74) is 3.92. The number of rotatable bonds is 6. The van der Waals surface area contributed by atoms with Gasteiger partial charge in [0.05, 0.1) is 0 Å².